The zero-order valence-electron chi connectivity index (χ0n) is 24.7. The van der Waals surface area contributed by atoms with Crippen LogP contribution in [-0.2, 0) is 9.59 Å². The quantitative estimate of drug-likeness (QED) is 0.302. The van der Waals surface area contributed by atoms with E-state index in [2.05, 4.69) is 29.2 Å². The van der Waals surface area contributed by atoms with Gasteiger partial charge < -0.3 is 24.9 Å². The number of aliphatic carboxylic acids is 2. The van der Waals surface area contributed by atoms with Crippen LogP contribution >= 0.6 is 0 Å². The van der Waals surface area contributed by atoms with Gasteiger partial charge in [-0.15, -0.1) is 0 Å². The number of nitrogens with zero attached hydrogens (tertiary/aromatic N) is 2. The topological polar surface area (TPSA) is 132 Å². The molecule has 0 radical (unpaired) electrons. The molecule has 2 aliphatic heterocycles. The molecule has 0 aromatic carbocycles. The van der Waals surface area contributed by atoms with Crippen LogP contribution in [0.4, 0.5) is 0 Å². The monoisotopic (exact) mass is 581 g/mol. The lowest BCUT2D eigenvalue weighted by Gasteiger charge is -2.05. The predicted molar refractivity (Wildman–Crippen MR) is 169 cm³/mol. The van der Waals surface area contributed by atoms with Gasteiger partial charge in [0, 0.05) is 46.0 Å². The number of aromatic amines is 2. The Morgan fingerprint density at radius 1 is 0.674 bits per heavy atom. The summed E-state index contributed by atoms with van der Waals surface area (Å²) in [6.07, 6.45) is 4.20. The molecule has 0 amide bonds. The van der Waals surface area contributed by atoms with Gasteiger partial charge in [0.2, 0.25) is 0 Å². The Morgan fingerprint density at radius 2 is 1.07 bits per heavy atom. The SMILES string of the molecule is C=Cc1c(C)c2cc3[nH]c(cc4nc(cc5nc(cc1[nH]2)C(C)=C5CCC(=O)O)C(CCC(=O)O)=C4C)c(C)c3C=C.[F-]. The first-order chi connectivity index (χ1) is 20.0. The van der Waals surface area contributed by atoms with Crippen molar-refractivity contribution in [2.75, 3.05) is 0 Å². The smallest absolute Gasteiger partial charge is 0.303 e. The second kappa shape index (κ2) is 12.1. The lowest BCUT2D eigenvalue weighted by molar-refractivity contribution is -0.137. The first-order valence-electron chi connectivity index (χ1n) is 13.9. The summed E-state index contributed by atoms with van der Waals surface area (Å²) in [7, 11) is 0. The first kappa shape index (κ1) is 30.9. The molecule has 0 atom stereocenters. The molecule has 8 bridgehead atoms. The van der Waals surface area contributed by atoms with Crippen LogP contribution in [0.3, 0.4) is 0 Å². The van der Waals surface area contributed by atoms with Gasteiger partial charge in [-0.1, -0.05) is 25.3 Å². The molecule has 3 aromatic rings. The van der Waals surface area contributed by atoms with Crippen LogP contribution in [0.2, 0.25) is 0 Å². The average Bonchev–Trinajstić information content (AvgIpc) is 3.59. The minimum atomic E-state index is -0.889. The first-order valence-corrected chi connectivity index (χ1v) is 13.9. The van der Waals surface area contributed by atoms with Crippen LogP contribution < -0.4 is 4.70 Å². The van der Waals surface area contributed by atoms with Gasteiger partial charge in [0.05, 0.1) is 22.8 Å². The van der Waals surface area contributed by atoms with Gasteiger partial charge in [0.15, 0.2) is 0 Å². The number of nitrogens with one attached hydrogen (secondary N) is 2. The number of halogens is 1. The van der Waals surface area contributed by atoms with Crippen LogP contribution in [-0.4, -0.2) is 42.1 Å². The third kappa shape index (κ3) is 5.70. The predicted octanol–water partition coefficient (Wildman–Crippen LogP) is 4.81. The highest BCUT2D eigenvalue weighted by Crippen LogP contribution is 2.38. The van der Waals surface area contributed by atoms with Crippen LogP contribution in [0.5, 0.6) is 0 Å². The third-order valence-corrected chi connectivity index (χ3v) is 8.22. The van der Waals surface area contributed by atoms with Crippen molar-refractivity contribution in [2.24, 2.45) is 0 Å². The molecule has 3 aromatic heterocycles. The van der Waals surface area contributed by atoms with Crippen molar-refractivity contribution in [1.29, 1.82) is 0 Å². The fourth-order valence-corrected chi connectivity index (χ4v) is 5.77. The van der Waals surface area contributed by atoms with Crippen LogP contribution in [0, 0.1) is 13.8 Å². The summed E-state index contributed by atoms with van der Waals surface area (Å²) in [6.45, 7) is 16.1. The van der Waals surface area contributed by atoms with Crippen LogP contribution in [0.15, 0.2) is 37.4 Å². The molecule has 8 nitrogen and oxygen atoms in total. The van der Waals surface area contributed by atoms with Gasteiger partial charge in [-0.05, 0) is 98.2 Å². The van der Waals surface area contributed by atoms with Gasteiger partial charge in [0.25, 0.3) is 0 Å². The van der Waals surface area contributed by atoms with Gasteiger partial charge >= 0.3 is 11.9 Å². The van der Waals surface area contributed by atoms with Crippen molar-refractivity contribution in [1.82, 2.24) is 19.9 Å². The minimum absolute atomic E-state index is 0. The highest BCUT2D eigenvalue weighted by Gasteiger charge is 2.22. The van der Waals surface area contributed by atoms with Crippen molar-refractivity contribution >= 4 is 68.4 Å². The van der Waals surface area contributed by atoms with E-state index in [1.54, 1.807) is 0 Å². The number of hydrogen-bond donors (Lipinski definition) is 4. The van der Waals surface area contributed by atoms with E-state index in [4.69, 9.17) is 9.97 Å². The van der Waals surface area contributed by atoms with Crippen molar-refractivity contribution < 1.29 is 24.5 Å². The number of H-pyrrole nitrogens is 2. The zero-order valence-corrected chi connectivity index (χ0v) is 24.7. The molecule has 5 rings (SSSR count). The van der Waals surface area contributed by atoms with Gasteiger partial charge in [0.1, 0.15) is 0 Å². The number of carbonyl (C=O) groups is 2. The summed E-state index contributed by atoms with van der Waals surface area (Å²) in [5.41, 5.74) is 13.7. The molecule has 222 valence electrons. The molecule has 4 N–H and O–H groups in total. The summed E-state index contributed by atoms with van der Waals surface area (Å²) in [5.74, 6) is -1.78. The largest absolute Gasteiger partial charge is 1.00 e. The second-order valence-electron chi connectivity index (χ2n) is 10.7. The summed E-state index contributed by atoms with van der Waals surface area (Å²) in [5, 5.41) is 18.9. The van der Waals surface area contributed by atoms with Crippen molar-refractivity contribution in [3.63, 3.8) is 0 Å². The molecule has 0 spiro atoms. The lowest BCUT2D eigenvalue weighted by Crippen LogP contribution is -3.00. The number of aromatic nitrogens is 4. The number of hydrogen-bond acceptors (Lipinski definition) is 4. The van der Waals surface area contributed by atoms with Crippen molar-refractivity contribution in [3.8, 4) is 0 Å². The number of aryl methyl sites for hydroxylation is 2. The molecule has 43 heavy (non-hydrogen) atoms. The number of allylic oxidation sites excluding steroid dienone is 4. The molecule has 9 heteroatoms. The average molecular weight is 582 g/mol. The molecule has 2 aliphatic rings. The maximum Gasteiger partial charge on any atom is 0.303 e. The Labute approximate surface area is 248 Å². The fourth-order valence-electron chi connectivity index (χ4n) is 5.77. The molecule has 0 saturated carbocycles. The number of carboxylic acid groups (broad SMARTS) is 2. The third-order valence-electron chi connectivity index (χ3n) is 8.22. The molecule has 0 unspecified atom stereocenters. The Bertz CT molecular complexity index is 1920. The zero-order chi connectivity index (χ0) is 30.3. The molecular weight excluding hydrogens is 547 g/mol. The summed E-state index contributed by atoms with van der Waals surface area (Å²) >= 11 is 0. The van der Waals surface area contributed by atoms with E-state index in [0.29, 0.717) is 24.2 Å². The highest BCUT2D eigenvalue weighted by molar-refractivity contribution is 5.97. The van der Waals surface area contributed by atoms with E-state index in [1.807, 2.05) is 58.0 Å². The summed E-state index contributed by atoms with van der Waals surface area (Å²) in [6, 6.07) is 7.88. The van der Waals surface area contributed by atoms with E-state index in [9.17, 15) is 19.8 Å². The summed E-state index contributed by atoms with van der Waals surface area (Å²) in [4.78, 5) is 40.0. The van der Waals surface area contributed by atoms with Gasteiger partial charge in [-0.3, -0.25) is 9.59 Å². The normalized spacial score (nSPS) is 12.7. The fraction of sp³-hybridized carbons (Fsp3) is 0.235. The number of carboxylic acids is 2. The van der Waals surface area contributed by atoms with E-state index in [0.717, 1.165) is 78.0 Å². The Balaban J connectivity index is 0.00000423. The van der Waals surface area contributed by atoms with Crippen molar-refractivity contribution in [3.05, 3.63) is 82.5 Å². The van der Waals surface area contributed by atoms with Gasteiger partial charge in [-0.2, -0.15) is 0 Å². The minimum Gasteiger partial charge on any atom is -1.00 e. The number of rotatable bonds is 8. The van der Waals surface area contributed by atoms with Crippen LogP contribution in [0.1, 0.15) is 84.6 Å². The van der Waals surface area contributed by atoms with E-state index in [1.165, 1.54) is 0 Å². The molecule has 0 aliphatic carbocycles. The standard InChI is InChI=1S/C34H34N4O4.FH/c1-7-21-17(3)25-13-26-19(5)23(9-11-33(39)40)31(37-26)16-32-24(10-12-34(41)42)20(6)28(38-32)15-30-22(8-2)18(4)27(36-30)14-29(21)35-25;/h7-8,13-16,35-36H,1-2,9-12H2,3-6H3,(H,39,40)(H,41,42);1H/p-1. The highest BCUT2D eigenvalue weighted by atomic mass is 19.0. The van der Waals surface area contributed by atoms with Gasteiger partial charge in [-0.25, -0.2) is 9.97 Å². The van der Waals surface area contributed by atoms with E-state index in [-0.39, 0.29) is 17.5 Å². The molecule has 5 heterocycles. The summed E-state index contributed by atoms with van der Waals surface area (Å²) < 4.78 is 0. The lowest BCUT2D eigenvalue weighted by atomic mass is 9.98. The molecular formula is C34H34FN4O4-. The van der Waals surface area contributed by atoms with E-state index >= 15 is 0 Å². The maximum absolute atomic E-state index is 11.5. The van der Waals surface area contributed by atoms with E-state index < -0.39 is 11.9 Å². The van der Waals surface area contributed by atoms with Crippen molar-refractivity contribution in [2.45, 2.75) is 53.4 Å². The number of fused-ring (bicyclic) bond motifs is 8. The Kier molecular flexibility index (Phi) is 8.66. The Morgan fingerprint density at radius 3 is 1.49 bits per heavy atom. The Hall–Kier alpha value is -5.05. The second-order valence-corrected chi connectivity index (χ2v) is 10.7. The maximum atomic E-state index is 11.5. The van der Waals surface area contributed by atoms with Crippen LogP contribution in [0.25, 0.3) is 56.5 Å². The molecule has 0 fully saturated rings. The molecule has 0 saturated heterocycles.